The summed E-state index contributed by atoms with van der Waals surface area (Å²) >= 11 is 0. The third-order valence-electron chi connectivity index (χ3n) is 6.23. The molecule has 0 aromatic heterocycles. The number of nitrogens with zero attached hydrogens (tertiary/aromatic N) is 3. The minimum absolute atomic E-state index is 0.145. The zero-order valence-electron chi connectivity index (χ0n) is 18.7. The summed E-state index contributed by atoms with van der Waals surface area (Å²) in [6.07, 6.45) is -5.20. The van der Waals surface area contributed by atoms with Gasteiger partial charge in [-0.25, -0.2) is 4.79 Å². The molecule has 1 aromatic rings. The maximum atomic E-state index is 12.2. The second kappa shape index (κ2) is 11.6. The number of carbonyl (C=O) groups excluding carboxylic acids is 1. The molecule has 3 rings (SSSR count). The van der Waals surface area contributed by atoms with Gasteiger partial charge >= 0.3 is 6.09 Å². The zero-order valence-corrected chi connectivity index (χ0v) is 18.7. The summed E-state index contributed by atoms with van der Waals surface area (Å²) in [6, 6.07) is 8.15. The molecule has 1 aromatic carbocycles. The molecule has 182 valence electrons. The Morgan fingerprint density at radius 2 is 2.00 bits per heavy atom. The molecule has 1 heterocycles. The molecule has 1 aliphatic heterocycles. The highest BCUT2D eigenvalue weighted by Crippen LogP contribution is 2.33. The fourth-order valence-electron chi connectivity index (χ4n) is 4.30. The molecule has 4 N–H and O–H groups in total. The molecule has 0 radical (unpaired) electrons. The van der Waals surface area contributed by atoms with Crippen molar-refractivity contribution in [1.29, 1.82) is 0 Å². The Bertz CT molecular complexity index is 822. The molecule has 9 atom stereocenters. The van der Waals surface area contributed by atoms with Crippen molar-refractivity contribution in [3.05, 3.63) is 46.3 Å². The van der Waals surface area contributed by atoms with Crippen molar-refractivity contribution in [3.8, 4) is 0 Å². The van der Waals surface area contributed by atoms with Gasteiger partial charge in [-0.05, 0) is 43.2 Å². The van der Waals surface area contributed by atoms with Gasteiger partial charge in [-0.1, -0.05) is 42.4 Å². The first-order valence-electron chi connectivity index (χ1n) is 11.2. The lowest BCUT2D eigenvalue weighted by Gasteiger charge is -2.44. The van der Waals surface area contributed by atoms with Crippen molar-refractivity contribution in [1.82, 2.24) is 5.32 Å². The van der Waals surface area contributed by atoms with Gasteiger partial charge < -0.3 is 34.8 Å². The Labute approximate surface area is 192 Å². The molecule has 1 saturated carbocycles. The highest BCUT2D eigenvalue weighted by atomic mass is 16.7. The predicted molar refractivity (Wildman–Crippen MR) is 117 cm³/mol. The number of azide groups is 1. The lowest BCUT2D eigenvalue weighted by molar-refractivity contribution is -0.287. The molecule has 1 saturated heterocycles. The fourth-order valence-corrected chi connectivity index (χ4v) is 4.30. The van der Waals surface area contributed by atoms with Crippen molar-refractivity contribution in [2.75, 3.05) is 0 Å². The van der Waals surface area contributed by atoms with Crippen LogP contribution in [0.25, 0.3) is 10.4 Å². The summed E-state index contributed by atoms with van der Waals surface area (Å²) in [5.74, 6) is -0.251. The quantitative estimate of drug-likeness (QED) is 0.272. The van der Waals surface area contributed by atoms with E-state index in [2.05, 4.69) is 15.3 Å². The first-order chi connectivity index (χ1) is 15.8. The number of hydrogen-bond donors (Lipinski definition) is 4. The number of aliphatic hydroxyl groups excluding tert-OH is 3. The van der Waals surface area contributed by atoms with Gasteiger partial charge in [0.25, 0.3) is 0 Å². The van der Waals surface area contributed by atoms with Gasteiger partial charge in [-0.2, -0.15) is 0 Å². The lowest BCUT2D eigenvalue weighted by atomic mass is 9.80. The Morgan fingerprint density at radius 3 is 2.70 bits per heavy atom. The number of nitrogens with one attached hydrogen (secondary N) is 1. The molecule has 2 unspecified atom stereocenters. The van der Waals surface area contributed by atoms with Gasteiger partial charge in [-0.15, -0.1) is 0 Å². The second-order valence-electron chi connectivity index (χ2n) is 8.75. The molecule has 33 heavy (non-hydrogen) atoms. The molecule has 11 heteroatoms. The van der Waals surface area contributed by atoms with Crippen LogP contribution in [0, 0.1) is 5.92 Å². The SMILES string of the molecule is C[C@@H](NC(=O)OCc1ccccc1)C1CC[C@@H](O)[C@@H](O[C@H]2[C@H](O)[C@@H](O)C(N=[N+]=[N-])C[C@@H]2C)O1. The van der Waals surface area contributed by atoms with Crippen LogP contribution in [0.4, 0.5) is 4.79 Å². The largest absolute Gasteiger partial charge is 0.445 e. The van der Waals surface area contributed by atoms with Crippen LogP contribution in [0.5, 0.6) is 0 Å². The highest BCUT2D eigenvalue weighted by molar-refractivity contribution is 5.67. The van der Waals surface area contributed by atoms with Crippen molar-refractivity contribution < 1.29 is 34.3 Å². The first-order valence-corrected chi connectivity index (χ1v) is 11.2. The maximum Gasteiger partial charge on any atom is 0.407 e. The van der Waals surface area contributed by atoms with E-state index >= 15 is 0 Å². The topological polar surface area (TPSA) is 166 Å². The summed E-state index contributed by atoms with van der Waals surface area (Å²) in [6.45, 7) is 3.72. The van der Waals surface area contributed by atoms with Crippen LogP contribution < -0.4 is 5.32 Å². The number of alkyl carbamates (subject to hydrolysis) is 1. The van der Waals surface area contributed by atoms with Gasteiger partial charge in [0, 0.05) is 4.91 Å². The third kappa shape index (κ3) is 6.57. The summed E-state index contributed by atoms with van der Waals surface area (Å²) in [5, 5.41) is 37.4. The Morgan fingerprint density at radius 1 is 1.27 bits per heavy atom. The van der Waals surface area contributed by atoms with Crippen LogP contribution in [0.15, 0.2) is 35.4 Å². The molecule has 11 nitrogen and oxygen atoms in total. The number of ether oxygens (including phenoxy) is 3. The van der Waals surface area contributed by atoms with E-state index in [4.69, 9.17) is 19.7 Å². The van der Waals surface area contributed by atoms with Crippen LogP contribution in [0.1, 0.15) is 38.7 Å². The van der Waals surface area contributed by atoms with E-state index in [1.807, 2.05) is 30.3 Å². The number of carbonyl (C=O) groups is 1. The zero-order chi connectivity index (χ0) is 24.0. The van der Waals surface area contributed by atoms with Crippen LogP contribution in [-0.2, 0) is 20.8 Å². The normalized spacial score (nSPS) is 35.2. The minimum atomic E-state index is -1.30. The second-order valence-corrected chi connectivity index (χ2v) is 8.75. The number of rotatable bonds is 7. The minimum Gasteiger partial charge on any atom is -0.445 e. The Hall–Kier alpha value is -2.40. The molecule has 2 fully saturated rings. The third-order valence-corrected chi connectivity index (χ3v) is 6.23. The van der Waals surface area contributed by atoms with Gasteiger partial charge in [-0.3, -0.25) is 0 Å². The van der Waals surface area contributed by atoms with Gasteiger partial charge in [0.2, 0.25) is 0 Å². The summed E-state index contributed by atoms with van der Waals surface area (Å²) in [4.78, 5) is 14.9. The fraction of sp³-hybridized carbons (Fsp3) is 0.682. The molecule has 1 aliphatic carbocycles. The smallest absolute Gasteiger partial charge is 0.407 e. The maximum absolute atomic E-state index is 12.2. The van der Waals surface area contributed by atoms with E-state index < -0.39 is 55.0 Å². The Kier molecular flexibility index (Phi) is 8.90. The van der Waals surface area contributed by atoms with Crippen LogP contribution in [-0.4, -0.2) is 70.3 Å². The monoisotopic (exact) mass is 464 g/mol. The van der Waals surface area contributed by atoms with Crippen molar-refractivity contribution in [2.24, 2.45) is 11.0 Å². The van der Waals surface area contributed by atoms with Gasteiger partial charge in [0.15, 0.2) is 6.29 Å². The molecular weight excluding hydrogens is 432 g/mol. The summed E-state index contributed by atoms with van der Waals surface area (Å²) < 4.78 is 17.1. The van der Waals surface area contributed by atoms with Crippen molar-refractivity contribution >= 4 is 6.09 Å². The molecule has 1 amide bonds. The van der Waals surface area contributed by atoms with Crippen molar-refractivity contribution in [2.45, 2.75) is 88.6 Å². The average molecular weight is 465 g/mol. The summed E-state index contributed by atoms with van der Waals surface area (Å²) in [5.41, 5.74) is 9.52. The average Bonchev–Trinajstić information content (AvgIpc) is 2.80. The first kappa shape index (κ1) is 25.2. The van der Waals surface area contributed by atoms with E-state index in [-0.39, 0.29) is 12.5 Å². The number of benzene rings is 1. The van der Waals surface area contributed by atoms with Crippen LogP contribution >= 0.6 is 0 Å². The number of hydrogen-bond acceptors (Lipinski definition) is 8. The van der Waals surface area contributed by atoms with E-state index in [0.717, 1.165) is 5.56 Å². The molecular formula is C22H32N4O7. The summed E-state index contributed by atoms with van der Waals surface area (Å²) in [7, 11) is 0. The van der Waals surface area contributed by atoms with Crippen LogP contribution in [0.3, 0.4) is 0 Å². The van der Waals surface area contributed by atoms with Gasteiger partial charge in [0.1, 0.15) is 18.8 Å². The van der Waals surface area contributed by atoms with E-state index in [1.54, 1.807) is 13.8 Å². The van der Waals surface area contributed by atoms with Crippen LogP contribution in [0.2, 0.25) is 0 Å². The molecule has 0 spiro atoms. The lowest BCUT2D eigenvalue weighted by Crippen LogP contribution is -2.57. The van der Waals surface area contributed by atoms with E-state index in [9.17, 15) is 20.1 Å². The van der Waals surface area contributed by atoms with Gasteiger partial charge in [0.05, 0.1) is 30.4 Å². The highest BCUT2D eigenvalue weighted by Gasteiger charge is 2.45. The molecule has 2 aliphatic rings. The Balaban J connectivity index is 1.53. The van der Waals surface area contributed by atoms with E-state index in [0.29, 0.717) is 19.3 Å². The number of amides is 1. The number of aliphatic hydroxyl groups is 3. The molecule has 0 bridgehead atoms. The van der Waals surface area contributed by atoms with Crippen molar-refractivity contribution in [3.63, 3.8) is 0 Å². The predicted octanol–water partition coefficient (Wildman–Crippen LogP) is 1.99. The standard InChI is InChI=1S/C22H32N4O7/c1-12-10-15(25-26-23)18(28)19(29)20(12)33-21-16(27)8-9-17(32-21)13(2)24-22(30)31-11-14-6-4-3-5-7-14/h3-7,12-13,15-21,27-29H,8-11H2,1-2H3,(H,24,30)/t12-,13+,15?,16+,17?,18-,19+,20+,21+/m0/s1. The van der Waals surface area contributed by atoms with E-state index in [1.165, 1.54) is 0 Å².